The maximum Gasteiger partial charge on any atom is 0.340 e. The third-order valence-electron chi connectivity index (χ3n) is 4.28. The van der Waals surface area contributed by atoms with E-state index in [1.54, 1.807) is 12.1 Å². The van der Waals surface area contributed by atoms with Gasteiger partial charge >= 0.3 is 11.9 Å². The number of rotatable bonds is 4. The van der Waals surface area contributed by atoms with E-state index in [1.807, 2.05) is 41.3 Å². The second-order valence-electron chi connectivity index (χ2n) is 5.62. The van der Waals surface area contributed by atoms with Crippen LogP contribution in [0.2, 0.25) is 0 Å². The number of hydrogen-bond donors (Lipinski definition) is 0. The van der Waals surface area contributed by atoms with Crippen molar-refractivity contribution < 1.29 is 19.1 Å². The van der Waals surface area contributed by atoms with Gasteiger partial charge in [0, 0.05) is 23.0 Å². The van der Waals surface area contributed by atoms with E-state index in [2.05, 4.69) is 15.9 Å². The first kappa shape index (κ1) is 15.4. The number of nitrogens with zero attached hydrogens (tertiary/aromatic N) is 1. The van der Waals surface area contributed by atoms with E-state index in [0.29, 0.717) is 23.0 Å². The van der Waals surface area contributed by atoms with Gasteiger partial charge in [0.2, 0.25) is 0 Å². The summed E-state index contributed by atoms with van der Waals surface area (Å²) in [5.41, 5.74) is 2.70. The quantitative estimate of drug-likeness (QED) is 0.594. The van der Waals surface area contributed by atoms with Gasteiger partial charge in [-0.15, -0.1) is 0 Å². The Morgan fingerprint density at radius 3 is 1.75 bits per heavy atom. The third-order valence-corrected chi connectivity index (χ3v) is 4.63. The largest absolute Gasteiger partial charge is 0.438 e. The van der Waals surface area contributed by atoms with Gasteiger partial charge in [-0.1, -0.05) is 52.3 Å². The van der Waals surface area contributed by atoms with Crippen molar-refractivity contribution in [1.29, 1.82) is 0 Å². The molecule has 2 atom stereocenters. The number of carbonyl (C=O) groups is 2. The van der Waals surface area contributed by atoms with E-state index in [1.165, 1.54) is 0 Å². The van der Waals surface area contributed by atoms with Crippen molar-refractivity contribution in [2.45, 2.75) is 12.5 Å². The minimum Gasteiger partial charge on any atom is -0.438 e. The molecular formula is C18H14BrNO4. The van der Waals surface area contributed by atoms with Crippen molar-refractivity contribution in [3.63, 3.8) is 0 Å². The number of hydrogen-bond acceptors (Lipinski definition) is 5. The molecule has 5 nitrogen and oxygen atoms in total. The predicted octanol–water partition coefficient (Wildman–Crippen LogP) is 3.42. The van der Waals surface area contributed by atoms with Gasteiger partial charge in [0.15, 0.2) is 12.5 Å². The molecule has 0 fully saturated rings. The minimum absolute atomic E-state index is 0.354. The Labute approximate surface area is 147 Å². The molecule has 0 amide bonds. The van der Waals surface area contributed by atoms with Crippen LogP contribution in [0.5, 0.6) is 0 Å². The summed E-state index contributed by atoms with van der Waals surface area (Å²) in [4.78, 5) is 26.2. The molecule has 2 aromatic rings. The zero-order valence-corrected chi connectivity index (χ0v) is 14.2. The Morgan fingerprint density at radius 1 is 0.833 bits per heavy atom. The molecule has 4 rings (SSSR count). The topological polar surface area (TPSA) is 55.8 Å². The molecule has 6 heteroatoms. The van der Waals surface area contributed by atoms with Crippen molar-refractivity contribution in [3.05, 3.63) is 70.8 Å². The van der Waals surface area contributed by atoms with Crippen LogP contribution >= 0.6 is 15.9 Å². The van der Waals surface area contributed by atoms with Gasteiger partial charge in [0.05, 0.1) is 11.1 Å². The maximum atomic E-state index is 12.1. The Hall–Kier alpha value is -2.18. The molecule has 0 aromatic heterocycles. The lowest BCUT2D eigenvalue weighted by atomic mass is 10.1. The summed E-state index contributed by atoms with van der Waals surface area (Å²) < 4.78 is 11.2. The maximum absolute atomic E-state index is 12.1. The first-order chi connectivity index (χ1) is 11.7. The molecule has 122 valence electrons. The number of esters is 2. The number of cyclic esters (lactones) is 2. The summed E-state index contributed by atoms with van der Waals surface area (Å²) in [6.45, 7) is 0.554. The molecule has 0 saturated carbocycles. The zero-order valence-electron chi connectivity index (χ0n) is 12.6. The van der Waals surface area contributed by atoms with Crippen LogP contribution in [-0.2, 0) is 9.47 Å². The van der Waals surface area contributed by atoms with Crippen molar-refractivity contribution in [2.24, 2.45) is 0 Å². The molecule has 0 bridgehead atoms. The predicted molar refractivity (Wildman–Crippen MR) is 89.7 cm³/mol. The van der Waals surface area contributed by atoms with Crippen LogP contribution in [0.3, 0.4) is 0 Å². The first-order valence-electron chi connectivity index (χ1n) is 7.62. The molecule has 2 aliphatic heterocycles. The number of carbonyl (C=O) groups excluding carboxylic acids is 2. The van der Waals surface area contributed by atoms with Crippen LogP contribution in [0.1, 0.15) is 44.3 Å². The van der Waals surface area contributed by atoms with Crippen LogP contribution in [0.15, 0.2) is 48.5 Å². The number of benzene rings is 2. The van der Waals surface area contributed by atoms with Gasteiger partial charge in [-0.25, -0.2) is 14.5 Å². The fourth-order valence-corrected chi connectivity index (χ4v) is 3.61. The number of ether oxygens (including phenoxy) is 2. The lowest BCUT2D eigenvalue weighted by molar-refractivity contribution is -0.104. The first-order valence-corrected chi connectivity index (χ1v) is 8.74. The SMILES string of the molecule is O=C1O[C@@H](N(CCBr)[C@@H]2OC(=O)c3ccccc32)c2ccccc21. The summed E-state index contributed by atoms with van der Waals surface area (Å²) in [7, 11) is 0. The summed E-state index contributed by atoms with van der Waals surface area (Å²) in [5.74, 6) is -0.708. The third kappa shape index (κ3) is 2.34. The lowest BCUT2D eigenvalue weighted by Crippen LogP contribution is -2.34. The van der Waals surface area contributed by atoms with E-state index in [-0.39, 0.29) is 11.9 Å². The fraction of sp³-hybridized carbons (Fsp3) is 0.222. The van der Waals surface area contributed by atoms with Gasteiger partial charge in [0.25, 0.3) is 0 Å². The molecule has 0 N–H and O–H groups in total. The Kier molecular flexibility index (Phi) is 3.86. The molecular weight excluding hydrogens is 374 g/mol. The second-order valence-corrected chi connectivity index (χ2v) is 6.41. The summed E-state index contributed by atoms with van der Waals surface area (Å²) in [6, 6.07) is 14.6. The van der Waals surface area contributed by atoms with Gasteiger partial charge in [-0.05, 0) is 12.1 Å². The Balaban J connectivity index is 1.75. The highest BCUT2D eigenvalue weighted by atomic mass is 79.9. The van der Waals surface area contributed by atoms with Crippen molar-refractivity contribution >= 4 is 27.9 Å². The Morgan fingerprint density at radius 2 is 1.29 bits per heavy atom. The average Bonchev–Trinajstić information content (AvgIpc) is 3.12. The van der Waals surface area contributed by atoms with E-state index < -0.39 is 12.5 Å². The molecule has 2 aliphatic rings. The monoisotopic (exact) mass is 387 g/mol. The normalized spacial score (nSPS) is 21.4. The summed E-state index contributed by atoms with van der Waals surface area (Å²) in [5, 5.41) is 0.652. The van der Waals surface area contributed by atoms with Crippen molar-refractivity contribution in [3.8, 4) is 0 Å². The van der Waals surface area contributed by atoms with E-state index >= 15 is 0 Å². The van der Waals surface area contributed by atoms with Gasteiger partial charge in [-0.3, -0.25) is 0 Å². The van der Waals surface area contributed by atoms with Crippen LogP contribution in [0, 0.1) is 0 Å². The van der Waals surface area contributed by atoms with Crippen LogP contribution in [0.4, 0.5) is 0 Å². The van der Waals surface area contributed by atoms with Crippen LogP contribution in [0.25, 0.3) is 0 Å². The minimum atomic E-state index is -0.574. The van der Waals surface area contributed by atoms with E-state index in [4.69, 9.17) is 9.47 Å². The van der Waals surface area contributed by atoms with E-state index in [0.717, 1.165) is 11.1 Å². The Bertz CT molecular complexity index is 757. The molecule has 0 saturated heterocycles. The van der Waals surface area contributed by atoms with E-state index in [9.17, 15) is 9.59 Å². The fourth-order valence-electron chi connectivity index (χ4n) is 3.20. The molecule has 24 heavy (non-hydrogen) atoms. The van der Waals surface area contributed by atoms with Gasteiger partial charge < -0.3 is 9.47 Å². The number of fused-ring (bicyclic) bond motifs is 2. The number of halogens is 1. The van der Waals surface area contributed by atoms with Gasteiger partial charge in [-0.2, -0.15) is 0 Å². The highest BCUT2D eigenvalue weighted by Gasteiger charge is 2.43. The zero-order chi connectivity index (χ0) is 16.7. The molecule has 2 heterocycles. The smallest absolute Gasteiger partial charge is 0.340 e. The molecule has 0 spiro atoms. The summed E-state index contributed by atoms with van der Waals surface area (Å²) in [6.07, 6.45) is -1.15. The summed E-state index contributed by atoms with van der Waals surface area (Å²) >= 11 is 3.43. The molecule has 0 aliphatic carbocycles. The molecule has 2 aromatic carbocycles. The second kappa shape index (κ2) is 6.03. The highest BCUT2D eigenvalue weighted by Crippen LogP contribution is 2.42. The molecule has 0 unspecified atom stereocenters. The molecule has 0 radical (unpaired) electrons. The van der Waals surface area contributed by atoms with Crippen molar-refractivity contribution in [1.82, 2.24) is 4.90 Å². The van der Waals surface area contributed by atoms with Crippen LogP contribution < -0.4 is 0 Å². The standard InChI is InChI=1S/C18H14BrNO4/c19-9-10-20(15-11-5-1-3-7-13(11)17(21)23-15)16-12-6-2-4-8-14(12)18(22)24-16/h1-8,15-16H,9-10H2/t15-,16-/m1/s1. The average molecular weight is 388 g/mol. The lowest BCUT2D eigenvalue weighted by Gasteiger charge is -2.32. The highest BCUT2D eigenvalue weighted by molar-refractivity contribution is 9.09. The number of alkyl halides is 1. The van der Waals surface area contributed by atoms with Crippen molar-refractivity contribution in [2.75, 3.05) is 11.9 Å². The van der Waals surface area contributed by atoms with Crippen LogP contribution in [-0.4, -0.2) is 28.7 Å². The van der Waals surface area contributed by atoms with Gasteiger partial charge in [0.1, 0.15) is 0 Å².